The molecule has 144 valence electrons. The van der Waals surface area contributed by atoms with Crippen LogP contribution in [-0.2, 0) is 0 Å². The van der Waals surface area contributed by atoms with Crippen molar-refractivity contribution < 1.29 is 9.53 Å². The van der Waals surface area contributed by atoms with Gasteiger partial charge in [0.25, 0.3) is 11.5 Å². The summed E-state index contributed by atoms with van der Waals surface area (Å²) in [5.74, 6) is 0.811. The Morgan fingerprint density at radius 3 is 2.86 bits per heavy atom. The molecule has 0 radical (unpaired) electrons. The Hall–Kier alpha value is -2.86. The van der Waals surface area contributed by atoms with Crippen molar-refractivity contribution >= 4 is 28.4 Å². The van der Waals surface area contributed by atoms with Gasteiger partial charge in [0.05, 0.1) is 22.5 Å². The molecule has 6 nitrogen and oxygen atoms in total. The van der Waals surface area contributed by atoms with Gasteiger partial charge in [0.15, 0.2) is 0 Å². The van der Waals surface area contributed by atoms with Crippen LogP contribution in [0.4, 0.5) is 0 Å². The number of alkyl halides is 1. The number of benzene rings is 2. The maximum atomic E-state index is 13.1. The molecular formula is C21H20ClN3O3. The van der Waals surface area contributed by atoms with E-state index < -0.39 is 0 Å². The maximum absolute atomic E-state index is 13.1. The van der Waals surface area contributed by atoms with Gasteiger partial charge in [0.1, 0.15) is 18.7 Å². The number of fused-ring (bicyclic) bond motifs is 1. The highest BCUT2D eigenvalue weighted by Crippen LogP contribution is 2.22. The van der Waals surface area contributed by atoms with Gasteiger partial charge in [-0.2, -0.15) is 0 Å². The Labute approximate surface area is 167 Å². The van der Waals surface area contributed by atoms with E-state index >= 15 is 0 Å². The molecule has 1 N–H and O–H groups in total. The van der Waals surface area contributed by atoms with Crippen LogP contribution in [0.15, 0.2) is 47.5 Å². The molecule has 0 aliphatic heterocycles. The lowest BCUT2D eigenvalue weighted by molar-refractivity contribution is 0.0951. The number of halogens is 1. The van der Waals surface area contributed by atoms with Gasteiger partial charge in [0.2, 0.25) is 0 Å². The van der Waals surface area contributed by atoms with E-state index in [1.807, 2.05) is 13.0 Å². The van der Waals surface area contributed by atoms with Gasteiger partial charge in [-0.25, -0.2) is 4.98 Å². The van der Waals surface area contributed by atoms with Crippen molar-refractivity contribution in [1.29, 1.82) is 0 Å². The number of amides is 1. The number of hydrogen-bond acceptors (Lipinski definition) is 4. The highest BCUT2D eigenvalue weighted by atomic mass is 35.5. The topological polar surface area (TPSA) is 73.2 Å². The summed E-state index contributed by atoms with van der Waals surface area (Å²) in [6.07, 6.45) is 3.54. The van der Waals surface area contributed by atoms with Crippen molar-refractivity contribution in [1.82, 2.24) is 14.9 Å². The highest BCUT2D eigenvalue weighted by Gasteiger charge is 2.24. The molecular weight excluding hydrogens is 378 g/mol. The van der Waals surface area contributed by atoms with Crippen LogP contribution in [0, 0.1) is 6.92 Å². The van der Waals surface area contributed by atoms with Crippen LogP contribution < -0.4 is 15.6 Å². The largest absolute Gasteiger partial charge is 0.492 e. The summed E-state index contributed by atoms with van der Waals surface area (Å²) in [6, 6.07) is 10.8. The van der Waals surface area contributed by atoms with E-state index in [4.69, 9.17) is 16.3 Å². The molecule has 4 rings (SSSR count). The molecule has 2 aromatic carbocycles. The summed E-state index contributed by atoms with van der Waals surface area (Å²) >= 11 is 5.66. The molecule has 1 aromatic heterocycles. The van der Waals surface area contributed by atoms with Gasteiger partial charge in [-0.1, -0.05) is 6.07 Å². The molecule has 3 aromatic rings. The second-order valence-corrected chi connectivity index (χ2v) is 7.26. The zero-order valence-electron chi connectivity index (χ0n) is 15.4. The molecule has 1 saturated carbocycles. The first-order valence-electron chi connectivity index (χ1n) is 9.19. The monoisotopic (exact) mass is 397 g/mol. The Morgan fingerprint density at radius 1 is 1.29 bits per heavy atom. The van der Waals surface area contributed by atoms with Crippen molar-refractivity contribution in [2.75, 3.05) is 12.5 Å². The third-order valence-corrected chi connectivity index (χ3v) is 4.87. The predicted octanol–water partition coefficient (Wildman–Crippen LogP) is 3.20. The van der Waals surface area contributed by atoms with Crippen molar-refractivity contribution in [3.05, 3.63) is 64.2 Å². The van der Waals surface area contributed by atoms with Gasteiger partial charge in [-0.05, 0) is 55.7 Å². The number of hydrogen-bond donors (Lipinski definition) is 1. The lowest BCUT2D eigenvalue weighted by Gasteiger charge is -2.12. The van der Waals surface area contributed by atoms with Crippen LogP contribution in [0.1, 0.15) is 28.8 Å². The molecule has 0 unspecified atom stereocenters. The fourth-order valence-electron chi connectivity index (χ4n) is 3.03. The summed E-state index contributed by atoms with van der Waals surface area (Å²) in [5, 5.41) is 3.42. The van der Waals surface area contributed by atoms with E-state index in [9.17, 15) is 9.59 Å². The van der Waals surface area contributed by atoms with E-state index in [-0.39, 0.29) is 17.5 Å². The summed E-state index contributed by atoms with van der Waals surface area (Å²) in [5.41, 5.74) is 2.40. The molecule has 0 bridgehead atoms. The second-order valence-electron chi connectivity index (χ2n) is 6.89. The van der Waals surface area contributed by atoms with Crippen molar-refractivity contribution in [2.45, 2.75) is 25.8 Å². The number of carbonyl (C=O) groups is 1. The number of carbonyl (C=O) groups excluding carboxylic acids is 1. The summed E-state index contributed by atoms with van der Waals surface area (Å²) < 4.78 is 6.99. The predicted molar refractivity (Wildman–Crippen MR) is 109 cm³/mol. The Morgan fingerprint density at radius 2 is 2.11 bits per heavy atom. The van der Waals surface area contributed by atoms with Gasteiger partial charge in [-0.15, -0.1) is 11.6 Å². The molecule has 1 heterocycles. The van der Waals surface area contributed by atoms with Crippen LogP contribution in [0.5, 0.6) is 5.75 Å². The third-order valence-electron chi connectivity index (χ3n) is 4.72. The fraction of sp³-hybridized carbons (Fsp3) is 0.286. The standard InChI is InChI=1S/C21H20ClN3O3/c1-13-2-3-14(20(26)24-15-4-5-15)10-19(13)25-12-23-18-7-6-16(28-9-8-22)11-17(18)21(25)27/h2-3,6-7,10-12,15H,4-5,8-9H2,1H3,(H,24,26). The molecule has 1 aliphatic carbocycles. The number of rotatable bonds is 6. The molecule has 1 fully saturated rings. The first kappa shape index (κ1) is 18.5. The minimum atomic E-state index is -0.218. The zero-order valence-corrected chi connectivity index (χ0v) is 16.2. The summed E-state index contributed by atoms with van der Waals surface area (Å²) in [7, 11) is 0. The van der Waals surface area contributed by atoms with Crippen LogP contribution in [0.25, 0.3) is 16.6 Å². The summed E-state index contributed by atoms with van der Waals surface area (Å²) in [4.78, 5) is 29.9. The Bertz CT molecular complexity index is 1110. The number of aryl methyl sites for hydroxylation is 1. The van der Waals surface area contributed by atoms with Crippen LogP contribution >= 0.6 is 11.6 Å². The van der Waals surface area contributed by atoms with Gasteiger partial charge < -0.3 is 10.1 Å². The van der Waals surface area contributed by atoms with Crippen LogP contribution in [0.2, 0.25) is 0 Å². The minimum Gasteiger partial charge on any atom is -0.492 e. The second kappa shape index (κ2) is 7.64. The van der Waals surface area contributed by atoms with E-state index in [1.54, 1.807) is 30.3 Å². The molecule has 1 amide bonds. The maximum Gasteiger partial charge on any atom is 0.265 e. The molecule has 0 spiro atoms. The highest BCUT2D eigenvalue weighted by molar-refractivity contribution is 6.18. The lowest BCUT2D eigenvalue weighted by Crippen LogP contribution is -2.26. The summed E-state index contributed by atoms with van der Waals surface area (Å²) in [6.45, 7) is 2.26. The number of aromatic nitrogens is 2. The number of nitrogens with zero attached hydrogens (tertiary/aromatic N) is 2. The van der Waals surface area contributed by atoms with Gasteiger partial charge >= 0.3 is 0 Å². The van der Waals surface area contributed by atoms with E-state index in [0.29, 0.717) is 40.4 Å². The quantitative estimate of drug-likeness (QED) is 0.648. The molecule has 7 heteroatoms. The van der Waals surface area contributed by atoms with Crippen LogP contribution in [-0.4, -0.2) is 34.0 Å². The molecule has 1 aliphatic rings. The SMILES string of the molecule is Cc1ccc(C(=O)NC2CC2)cc1-n1cnc2ccc(OCCCl)cc2c1=O. The van der Waals surface area contributed by atoms with E-state index in [0.717, 1.165) is 18.4 Å². The molecule has 28 heavy (non-hydrogen) atoms. The van der Waals surface area contributed by atoms with Crippen molar-refractivity contribution in [3.8, 4) is 11.4 Å². The lowest BCUT2D eigenvalue weighted by atomic mass is 10.1. The fourth-order valence-corrected chi connectivity index (χ4v) is 3.10. The Balaban J connectivity index is 1.76. The van der Waals surface area contributed by atoms with E-state index in [2.05, 4.69) is 10.3 Å². The average Bonchev–Trinajstić information content (AvgIpc) is 3.51. The molecule has 0 saturated heterocycles. The first-order chi connectivity index (χ1) is 13.6. The number of nitrogens with one attached hydrogen (secondary N) is 1. The van der Waals surface area contributed by atoms with Gasteiger partial charge in [0, 0.05) is 11.6 Å². The number of ether oxygens (including phenoxy) is 1. The average molecular weight is 398 g/mol. The van der Waals surface area contributed by atoms with Crippen LogP contribution in [0.3, 0.4) is 0 Å². The third kappa shape index (κ3) is 3.73. The minimum absolute atomic E-state index is 0.123. The normalized spacial score (nSPS) is 13.5. The zero-order chi connectivity index (χ0) is 19.7. The first-order valence-corrected chi connectivity index (χ1v) is 9.72. The van der Waals surface area contributed by atoms with E-state index in [1.165, 1.54) is 10.9 Å². The smallest absolute Gasteiger partial charge is 0.265 e. The van der Waals surface area contributed by atoms with Gasteiger partial charge in [-0.3, -0.25) is 14.2 Å². The van der Waals surface area contributed by atoms with Crippen molar-refractivity contribution in [3.63, 3.8) is 0 Å². The Kier molecular flexibility index (Phi) is 5.05. The molecule has 0 atom stereocenters. The van der Waals surface area contributed by atoms with Crippen molar-refractivity contribution in [2.24, 2.45) is 0 Å².